The van der Waals surface area contributed by atoms with Crippen molar-refractivity contribution >= 4 is 21.6 Å². The van der Waals surface area contributed by atoms with Crippen molar-refractivity contribution < 1.29 is 0 Å². The summed E-state index contributed by atoms with van der Waals surface area (Å²) in [7, 11) is 1.94. The van der Waals surface area contributed by atoms with Crippen molar-refractivity contribution in [2.24, 2.45) is 7.05 Å². The van der Waals surface area contributed by atoms with E-state index in [9.17, 15) is 0 Å². The summed E-state index contributed by atoms with van der Waals surface area (Å²) in [4.78, 5) is 0. The fourth-order valence-corrected chi connectivity index (χ4v) is 2.16. The minimum atomic E-state index is 0.646. The summed E-state index contributed by atoms with van der Waals surface area (Å²) in [6.45, 7) is 0.831. The van der Waals surface area contributed by atoms with Crippen LogP contribution in [0.5, 0.6) is 0 Å². The van der Waals surface area contributed by atoms with Gasteiger partial charge in [-0.05, 0) is 40.2 Å². The molecule has 1 aromatic heterocycles. The second-order valence-corrected chi connectivity index (χ2v) is 4.78. The maximum Gasteiger partial charge on any atom is 0.100 e. The van der Waals surface area contributed by atoms with Crippen LogP contribution in [0.4, 0.5) is 5.69 Å². The van der Waals surface area contributed by atoms with Gasteiger partial charge in [0.1, 0.15) is 6.07 Å². The quantitative estimate of drug-likeness (QED) is 0.945. The van der Waals surface area contributed by atoms with E-state index in [1.54, 1.807) is 12.3 Å². The number of halogens is 1. The third-order valence-electron chi connectivity index (χ3n) is 2.72. The van der Waals surface area contributed by atoms with Crippen LogP contribution in [0.2, 0.25) is 0 Å². The first-order valence-electron chi connectivity index (χ1n) is 5.61. The van der Waals surface area contributed by atoms with Crippen molar-refractivity contribution in [2.45, 2.75) is 6.42 Å². The predicted octanol–water partition coefficient (Wildman–Crippen LogP) is 2.71. The van der Waals surface area contributed by atoms with Gasteiger partial charge < -0.3 is 5.32 Å². The van der Waals surface area contributed by atoms with Crippen LogP contribution in [0, 0.1) is 11.3 Å². The minimum Gasteiger partial charge on any atom is -0.385 e. The Hall–Kier alpha value is -1.80. The van der Waals surface area contributed by atoms with Gasteiger partial charge in [0.05, 0.1) is 5.56 Å². The van der Waals surface area contributed by atoms with Crippen LogP contribution in [0.15, 0.2) is 34.9 Å². The molecule has 0 unspecified atom stereocenters. The summed E-state index contributed by atoms with van der Waals surface area (Å²) in [5.74, 6) is 0. The lowest BCUT2D eigenvalue weighted by molar-refractivity contribution is 0.711. The largest absolute Gasteiger partial charge is 0.385 e. The molecule has 0 amide bonds. The summed E-state index contributed by atoms with van der Waals surface area (Å²) in [6.07, 6.45) is 2.71. The predicted molar refractivity (Wildman–Crippen MR) is 74.3 cm³/mol. The molecule has 4 nitrogen and oxygen atoms in total. The molecule has 2 rings (SSSR count). The Kier molecular flexibility index (Phi) is 4.00. The van der Waals surface area contributed by atoms with Gasteiger partial charge in [-0.15, -0.1) is 0 Å². The van der Waals surface area contributed by atoms with E-state index in [-0.39, 0.29) is 0 Å². The second-order valence-electron chi connectivity index (χ2n) is 3.93. The molecule has 92 valence electrons. The molecule has 0 saturated heterocycles. The topological polar surface area (TPSA) is 53.6 Å². The van der Waals surface area contributed by atoms with E-state index in [2.05, 4.69) is 32.4 Å². The number of aryl methyl sites for hydroxylation is 1. The van der Waals surface area contributed by atoms with Crippen LogP contribution in [-0.4, -0.2) is 16.3 Å². The van der Waals surface area contributed by atoms with Crippen LogP contribution in [0.25, 0.3) is 0 Å². The summed E-state index contributed by atoms with van der Waals surface area (Å²) < 4.78 is 2.69. The van der Waals surface area contributed by atoms with Crippen LogP contribution >= 0.6 is 15.9 Å². The van der Waals surface area contributed by atoms with Gasteiger partial charge in [0.2, 0.25) is 0 Å². The van der Waals surface area contributed by atoms with Crippen LogP contribution in [0.3, 0.4) is 0 Å². The molecule has 2 aromatic rings. The van der Waals surface area contributed by atoms with E-state index >= 15 is 0 Å². The molecule has 0 aliphatic heterocycles. The Morgan fingerprint density at radius 2 is 2.28 bits per heavy atom. The average molecular weight is 305 g/mol. The lowest BCUT2D eigenvalue weighted by Gasteiger charge is -2.07. The summed E-state index contributed by atoms with van der Waals surface area (Å²) in [5.41, 5.74) is 2.84. The Bertz CT molecular complexity index is 583. The van der Waals surface area contributed by atoms with Gasteiger partial charge in [-0.3, -0.25) is 4.68 Å². The van der Waals surface area contributed by atoms with Crippen LogP contribution in [0.1, 0.15) is 11.3 Å². The third-order valence-corrected chi connectivity index (χ3v) is 3.38. The zero-order chi connectivity index (χ0) is 13.0. The molecule has 0 bridgehead atoms. The molecule has 0 fully saturated rings. The van der Waals surface area contributed by atoms with Gasteiger partial charge >= 0.3 is 0 Å². The highest BCUT2D eigenvalue weighted by molar-refractivity contribution is 9.10. The van der Waals surface area contributed by atoms with Gasteiger partial charge in [-0.2, -0.15) is 10.4 Å². The number of anilines is 1. The Balaban J connectivity index is 1.93. The molecule has 0 aliphatic carbocycles. The molecule has 0 atom stereocenters. The number of aromatic nitrogens is 2. The van der Waals surface area contributed by atoms with Crippen molar-refractivity contribution in [2.75, 3.05) is 11.9 Å². The first-order chi connectivity index (χ1) is 8.70. The summed E-state index contributed by atoms with van der Waals surface area (Å²) >= 11 is 3.37. The molecule has 0 radical (unpaired) electrons. The van der Waals surface area contributed by atoms with E-state index in [4.69, 9.17) is 5.26 Å². The molecular formula is C13H13BrN4. The number of hydrogen-bond donors (Lipinski definition) is 1. The SMILES string of the molecule is Cn1nccc1CCNc1ccc(C#N)c(Br)c1. The maximum absolute atomic E-state index is 8.83. The minimum absolute atomic E-state index is 0.646. The van der Waals surface area contributed by atoms with E-state index in [0.29, 0.717) is 5.56 Å². The van der Waals surface area contributed by atoms with Crippen LogP contribution < -0.4 is 5.32 Å². The van der Waals surface area contributed by atoms with Crippen molar-refractivity contribution in [1.82, 2.24) is 9.78 Å². The van der Waals surface area contributed by atoms with Crippen molar-refractivity contribution in [3.63, 3.8) is 0 Å². The Morgan fingerprint density at radius 3 is 2.89 bits per heavy atom. The number of benzene rings is 1. The van der Waals surface area contributed by atoms with Gasteiger partial charge in [-0.25, -0.2) is 0 Å². The van der Waals surface area contributed by atoms with Gasteiger partial charge in [0.15, 0.2) is 0 Å². The zero-order valence-electron chi connectivity index (χ0n) is 10.0. The monoisotopic (exact) mass is 304 g/mol. The normalized spacial score (nSPS) is 10.1. The van der Waals surface area contributed by atoms with Crippen molar-refractivity contribution in [3.05, 3.63) is 46.2 Å². The van der Waals surface area contributed by atoms with Crippen molar-refractivity contribution in [3.8, 4) is 6.07 Å². The molecule has 1 N–H and O–H groups in total. The zero-order valence-corrected chi connectivity index (χ0v) is 11.6. The lowest BCUT2D eigenvalue weighted by Crippen LogP contribution is -2.08. The fourth-order valence-electron chi connectivity index (χ4n) is 1.70. The second kappa shape index (κ2) is 5.69. The number of nitrogens with zero attached hydrogens (tertiary/aromatic N) is 3. The molecule has 0 aliphatic rings. The van der Waals surface area contributed by atoms with E-state index in [1.165, 1.54) is 5.69 Å². The molecular weight excluding hydrogens is 292 g/mol. The number of nitriles is 1. The highest BCUT2D eigenvalue weighted by Gasteiger charge is 2.01. The smallest absolute Gasteiger partial charge is 0.100 e. The highest BCUT2D eigenvalue weighted by atomic mass is 79.9. The molecule has 1 heterocycles. The van der Waals surface area contributed by atoms with Crippen LogP contribution in [-0.2, 0) is 13.5 Å². The van der Waals surface area contributed by atoms with Gasteiger partial charge in [0.25, 0.3) is 0 Å². The average Bonchev–Trinajstić information content (AvgIpc) is 2.75. The lowest BCUT2D eigenvalue weighted by atomic mass is 10.2. The molecule has 18 heavy (non-hydrogen) atoms. The maximum atomic E-state index is 8.83. The van der Waals surface area contributed by atoms with E-state index < -0.39 is 0 Å². The first-order valence-corrected chi connectivity index (χ1v) is 6.40. The van der Waals surface area contributed by atoms with E-state index in [1.807, 2.05) is 29.9 Å². The standard InChI is InChI=1S/C13H13BrN4/c1-18-12(5-7-17-18)4-6-16-11-3-2-10(9-15)13(14)8-11/h2-3,5,7-8,16H,4,6H2,1H3. The summed E-state index contributed by atoms with van der Waals surface area (Å²) in [5, 5.41) is 16.3. The number of hydrogen-bond acceptors (Lipinski definition) is 3. The van der Waals surface area contributed by atoms with Gasteiger partial charge in [0, 0.05) is 42.1 Å². The molecule has 1 aromatic carbocycles. The third kappa shape index (κ3) is 2.90. The molecule has 5 heteroatoms. The fraction of sp³-hybridized carbons (Fsp3) is 0.231. The van der Waals surface area contributed by atoms with Gasteiger partial charge in [-0.1, -0.05) is 0 Å². The number of rotatable bonds is 4. The number of nitrogens with one attached hydrogen (secondary N) is 1. The highest BCUT2D eigenvalue weighted by Crippen LogP contribution is 2.20. The first kappa shape index (κ1) is 12.7. The molecule has 0 saturated carbocycles. The Morgan fingerprint density at radius 1 is 1.44 bits per heavy atom. The van der Waals surface area contributed by atoms with Crippen molar-refractivity contribution in [1.29, 1.82) is 5.26 Å². The Labute approximate surface area is 114 Å². The van der Waals surface area contributed by atoms with E-state index in [0.717, 1.165) is 23.1 Å². The summed E-state index contributed by atoms with van der Waals surface area (Å²) in [6, 6.07) is 9.76. The molecule has 0 spiro atoms.